The second-order valence-electron chi connectivity index (χ2n) is 7.65. The maximum Gasteiger partial charge on any atom is 0.419 e. The first-order chi connectivity index (χ1) is 14.4. The third-order valence-corrected chi connectivity index (χ3v) is 6.33. The SMILES string of the molecule is COc1ccccc1N1CCN([C@@H](C)[C@H](O)c2cc3oc(=O)n(C)c3cc2Cl)CC1. The molecule has 0 aliphatic carbocycles. The lowest BCUT2D eigenvalue weighted by Gasteiger charge is -2.41. The van der Waals surface area contributed by atoms with E-state index in [2.05, 4.69) is 15.9 Å². The molecule has 0 radical (unpaired) electrons. The van der Waals surface area contributed by atoms with Gasteiger partial charge in [0.05, 0.1) is 24.4 Å². The van der Waals surface area contributed by atoms with E-state index >= 15 is 0 Å². The summed E-state index contributed by atoms with van der Waals surface area (Å²) in [6.45, 7) is 5.26. The molecule has 7 nitrogen and oxygen atoms in total. The number of ether oxygens (including phenoxy) is 1. The zero-order valence-corrected chi connectivity index (χ0v) is 18.1. The summed E-state index contributed by atoms with van der Waals surface area (Å²) >= 11 is 6.44. The van der Waals surface area contributed by atoms with Gasteiger partial charge in [0, 0.05) is 49.9 Å². The monoisotopic (exact) mass is 431 g/mol. The predicted octanol–water partition coefficient (Wildman–Crippen LogP) is 3.04. The highest BCUT2D eigenvalue weighted by Crippen LogP contribution is 2.33. The fraction of sp³-hybridized carbons (Fsp3) is 0.409. The normalized spacial score (nSPS) is 17.3. The lowest BCUT2D eigenvalue weighted by molar-refractivity contribution is 0.0546. The van der Waals surface area contributed by atoms with Crippen molar-refractivity contribution in [1.29, 1.82) is 0 Å². The number of halogens is 1. The number of methoxy groups -OCH3 is 1. The number of aliphatic hydroxyl groups is 1. The Morgan fingerprint density at radius 2 is 1.87 bits per heavy atom. The molecule has 0 amide bonds. The molecule has 0 bridgehead atoms. The quantitative estimate of drug-likeness (QED) is 0.669. The van der Waals surface area contributed by atoms with E-state index in [0.29, 0.717) is 21.7 Å². The number of rotatable bonds is 5. The molecular formula is C22H26ClN3O4. The number of hydrogen-bond donors (Lipinski definition) is 1. The molecule has 160 valence electrons. The predicted molar refractivity (Wildman–Crippen MR) is 118 cm³/mol. The van der Waals surface area contributed by atoms with Crippen molar-refractivity contribution < 1.29 is 14.3 Å². The number of piperazine rings is 1. The summed E-state index contributed by atoms with van der Waals surface area (Å²) < 4.78 is 12.1. The number of aliphatic hydroxyl groups excluding tert-OH is 1. The van der Waals surface area contributed by atoms with Crippen LogP contribution in [0.15, 0.2) is 45.6 Å². The summed E-state index contributed by atoms with van der Waals surface area (Å²) in [5.41, 5.74) is 2.69. The number of aryl methyl sites for hydroxylation is 1. The van der Waals surface area contributed by atoms with Gasteiger partial charge in [-0.25, -0.2) is 4.79 Å². The molecule has 3 aromatic rings. The van der Waals surface area contributed by atoms with Gasteiger partial charge < -0.3 is 19.2 Å². The average molecular weight is 432 g/mol. The zero-order chi connectivity index (χ0) is 21.4. The topological polar surface area (TPSA) is 71.1 Å². The molecule has 1 saturated heterocycles. The number of anilines is 1. The minimum atomic E-state index is -0.801. The van der Waals surface area contributed by atoms with Crippen LogP contribution in [0.3, 0.4) is 0 Å². The highest BCUT2D eigenvalue weighted by molar-refractivity contribution is 6.32. The van der Waals surface area contributed by atoms with E-state index in [1.54, 1.807) is 26.3 Å². The van der Waals surface area contributed by atoms with Gasteiger partial charge in [0.25, 0.3) is 0 Å². The number of benzene rings is 2. The molecule has 0 saturated carbocycles. The van der Waals surface area contributed by atoms with Crippen LogP contribution < -0.4 is 15.4 Å². The Labute approximate surface area is 180 Å². The Morgan fingerprint density at radius 3 is 2.57 bits per heavy atom. The summed E-state index contributed by atoms with van der Waals surface area (Å²) in [5.74, 6) is 0.414. The Hall–Kier alpha value is -2.48. The summed E-state index contributed by atoms with van der Waals surface area (Å²) in [7, 11) is 3.31. The molecule has 1 N–H and O–H groups in total. The van der Waals surface area contributed by atoms with Crippen molar-refractivity contribution in [3.05, 3.63) is 57.5 Å². The van der Waals surface area contributed by atoms with Crippen LogP contribution in [0.25, 0.3) is 11.1 Å². The standard InChI is InChI=1S/C22H26ClN3O4/c1-14(21(27)15-12-20-18(13-16(15)23)24(2)22(28)30-20)25-8-10-26(11-9-25)17-6-4-5-7-19(17)29-3/h4-7,12-14,21,27H,8-11H2,1-3H3/t14-,21-/m0/s1. The van der Waals surface area contributed by atoms with Crippen LogP contribution in [0.1, 0.15) is 18.6 Å². The summed E-state index contributed by atoms with van der Waals surface area (Å²) in [5, 5.41) is 11.5. The van der Waals surface area contributed by atoms with Crippen molar-refractivity contribution in [2.75, 3.05) is 38.2 Å². The number of hydrogen-bond acceptors (Lipinski definition) is 6. The Bertz CT molecular complexity index is 1100. The fourth-order valence-corrected chi connectivity index (χ4v) is 4.38. The van der Waals surface area contributed by atoms with Crippen molar-refractivity contribution in [2.24, 2.45) is 7.05 Å². The third-order valence-electron chi connectivity index (χ3n) is 6.00. The summed E-state index contributed by atoms with van der Waals surface area (Å²) in [6.07, 6.45) is -0.801. The van der Waals surface area contributed by atoms with Gasteiger partial charge in [-0.15, -0.1) is 0 Å². The molecule has 1 aliphatic rings. The van der Waals surface area contributed by atoms with Crippen LogP contribution in [0, 0.1) is 0 Å². The lowest BCUT2D eigenvalue weighted by atomic mass is 10.0. The van der Waals surface area contributed by atoms with Gasteiger partial charge in [0.15, 0.2) is 5.58 Å². The molecule has 30 heavy (non-hydrogen) atoms. The van der Waals surface area contributed by atoms with Gasteiger partial charge in [0.2, 0.25) is 0 Å². The van der Waals surface area contributed by atoms with E-state index in [9.17, 15) is 9.90 Å². The van der Waals surface area contributed by atoms with E-state index < -0.39 is 11.9 Å². The van der Waals surface area contributed by atoms with Gasteiger partial charge in [-0.1, -0.05) is 23.7 Å². The second-order valence-corrected chi connectivity index (χ2v) is 8.06. The summed E-state index contributed by atoms with van der Waals surface area (Å²) in [4.78, 5) is 16.3. The second kappa shape index (κ2) is 8.34. The van der Waals surface area contributed by atoms with Crippen LogP contribution in [0.4, 0.5) is 5.69 Å². The smallest absolute Gasteiger partial charge is 0.419 e. The van der Waals surface area contributed by atoms with Crippen molar-refractivity contribution in [1.82, 2.24) is 9.47 Å². The molecule has 2 heterocycles. The maximum absolute atomic E-state index is 11.8. The Balaban J connectivity index is 1.49. The molecule has 4 rings (SSSR count). The van der Waals surface area contributed by atoms with Gasteiger partial charge in [-0.05, 0) is 31.2 Å². The highest BCUT2D eigenvalue weighted by atomic mass is 35.5. The molecule has 2 aromatic carbocycles. The zero-order valence-electron chi connectivity index (χ0n) is 17.3. The average Bonchev–Trinajstić information content (AvgIpc) is 3.05. The molecule has 8 heteroatoms. The van der Waals surface area contributed by atoms with Crippen molar-refractivity contribution in [2.45, 2.75) is 19.1 Å². The number of nitrogens with zero attached hydrogens (tertiary/aromatic N) is 3. The fourth-order valence-electron chi connectivity index (χ4n) is 4.11. The third kappa shape index (κ3) is 3.69. The van der Waals surface area contributed by atoms with Crippen molar-refractivity contribution in [3.63, 3.8) is 0 Å². The van der Waals surface area contributed by atoms with Crippen molar-refractivity contribution >= 4 is 28.4 Å². The number of fused-ring (bicyclic) bond motifs is 1. The maximum atomic E-state index is 11.8. The molecule has 1 fully saturated rings. The molecule has 2 atom stereocenters. The van der Waals surface area contributed by atoms with E-state index in [-0.39, 0.29) is 6.04 Å². The van der Waals surface area contributed by atoms with E-state index in [0.717, 1.165) is 37.6 Å². The first-order valence-electron chi connectivity index (χ1n) is 9.99. The minimum Gasteiger partial charge on any atom is -0.495 e. The van der Waals surface area contributed by atoms with E-state index in [1.807, 2.05) is 25.1 Å². The van der Waals surface area contributed by atoms with Gasteiger partial charge >= 0.3 is 5.76 Å². The van der Waals surface area contributed by atoms with Crippen LogP contribution in [-0.4, -0.2) is 53.9 Å². The van der Waals surface area contributed by atoms with Crippen LogP contribution in [0.5, 0.6) is 5.75 Å². The number of para-hydroxylation sites is 2. The number of aromatic nitrogens is 1. The first kappa shape index (κ1) is 20.8. The van der Waals surface area contributed by atoms with Crippen LogP contribution in [0.2, 0.25) is 5.02 Å². The minimum absolute atomic E-state index is 0.143. The van der Waals surface area contributed by atoms with Gasteiger partial charge in [-0.3, -0.25) is 9.47 Å². The number of oxazole rings is 1. The lowest BCUT2D eigenvalue weighted by Crippen LogP contribution is -2.51. The van der Waals surface area contributed by atoms with Crippen molar-refractivity contribution in [3.8, 4) is 5.75 Å². The van der Waals surface area contributed by atoms with Crippen LogP contribution in [-0.2, 0) is 7.05 Å². The van der Waals surface area contributed by atoms with Crippen LogP contribution >= 0.6 is 11.6 Å². The molecular weight excluding hydrogens is 406 g/mol. The molecule has 1 aromatic heterocycles. The molecule has 0 spiro atoms. The van der Waals surface area contributed by atoms with Gasteiger partial charge in [0.1, 0.15) is 5.75 Å². The van der Waals surface area contributed by atoms with Gasteiger partial charge in [-0.2, -0.15) is 0 Å². The largest absolute Gasteiger partial charge is 0.495 e. The van der Waals surface area contributed by atoms with E-state index in [1.165, 1.54) is 4.57 Å². The molecule has 0 unspecified atom stereocenters. The van der Waals surface area contributed by atoms with E-state index in [4.69, 9.17) is 20.8 Å². The Morgan fingerprint density at radius 1 is 1.17 bits per heavy atom. The molecule has 1 aliphatic heterocycles. The highest BCUT2D eigenvalue weighted by Gasteiger charge is 2.29. The Kier molecular flexibility index (Phi) is 5.77. The summed E-state index contributed by atoms with van der Waals surface area (Å²) in [6, 6.07) is 11.2. The first-order valence-corrected chi connectivity index (χ1v) is 10.4.